The van der Waals surface area contributed by atoms with E-state index >= 15 is 0 Å². The van der Waals surface area contributed by atoms with Crippen molar-refractivity contribution in [3.8, 4) is 16.3 Å². The fraction of sp³-hybridized carbons (Fsp3) is 0.263. The molecule has 1 aromatic carbocycles. The van der Waals surface area contributed by atoms with Gasteiger partial charge >= 0.3 is 6.18 Å². The summed E-state index contributed by atoms with van der Waals surface area (Å²) >= 11 is 1.49. The fourth-order valence-corrected chi connectivity index (χ4v) is 3.28. The molecule has 0 aliphatic rings. The maximum Gasteiger partial charge on any atom is 0.451 e. The van der Waals surface area contributed by atoms with E-state index < -0.39 is 23.9 Å². The number of aryl methyl sites for hydroxylation is 1. The highest BCUT2D eigenvalue weighted by Crippen LogP contribution is 2.30. The van der Waals surface area contributed by atoms with Crippen LogP contribution in [0.4, 0.5) is 13.2 Å². The lowest BCUT2D eigenvalue weighted by Gasteiger charge is -2.15. The summed E-state index contributed by atoms with van der Waals surface area (Å²) in [7, 11) is 1.50. The highest BCUT2D eigenvalue weighted by Gasteiger charge is 2.34. The van der Waals surface area contributed by atoms with Crippen LogP contribution in [0.3, 0.4) is 0 Å². The minimum absolute atomic E-state index is 0.340. The van der Waals surface area contributed by atoms with Gasteiger partial charge in [0.05, 0.1) is 13.2 Å². The van der Waals surface area contributed by atoms with E-state index in [9.17, 15) is 18.0 Å². The van der Waals surface area contributed by atoms with Gasteiger partial charge in [-0.1, -0.05) is 0 Å². The van der Waals surface area contributed by atoms with Gasteiger partial charge < -0.3 is 10.1 Å². The number of halogens is 3. The Bertz CT molecular complexity index is 1020. The number of aromatic nitrogens is 3. The van der Waals surface area contributed by atoms with Gasteiger partial charge in [-0.2, -0.15) is 13.2 Å². The SMILES string of the molecule is COc1cc(C(=O)N[C@H](C)c2cnc(C(F)(F)F)nc2)cc(-c2ncc(C)s2)c1. The average Bonchev–Trinajstić information content (AvgIpc) is 3.13. The minimum Gasteiger partial charge on any atom is -0.497 e. The van der Waals surface area contributed by atoms with Crippen LogP contribution in [0.15, 0.2) is 36.8 Å². The zero-order valence-electron chi connectivity index (χ0n) is 15.7. The molecule has 0 saturated carbocycles. The topological polar surface area (TPSA) is 77.0 Å². The predicted octanol–water partition coefficient (Wildman–Crippen LogP) is 4.43. The van der Waals surface area contributed by atoms with E-state index in [1.54, 1.807) is 31.3 Å². The van der Waals surface area contributed by atoms with E-state index in [1.165, 1.54) is 18.4 Å². The number of methoxy groups -OCH3 is 1. The number of nitrogens with one attached hydrogen (secondary N) is 1. The van der Waals surface area contributed by atoms with E-state index in [4.69, 9.17) is 4.74 Å². The molecule has 0 radical (unpaired) electrons. The summed E-state index contributed by atoms with van der Waals surface area (Å²) in [5.74, 6) is -1.15. The van der Waals surface area contributed by atoms with Crippen LogP contribution in [0.5, 0.6) is 5.75 Å². The number of amides is 1. The number of alkyl halides is 3. The molecule has 0 fully saturated rings. The summed E-state index contributed by atoms with van der Waals surface area (Å²) < 4.78 is 43.1. The highest BCUT2D eigenvalue weighted by atomic mass is 32.1. The molecule has 0 bridgehead atoms. The first-order valence-corrected chi connectivity index (χ1v) is 9.31. The van der Waals surface area contributed by atoms with Gasteiger partial charge in [-0.15, -0.1) is 11.3 Å². The van der Waals surface area contributed by atoms with Crippen molar-refractivity contribution in [2.45, 2.75) is 26.1 Å². The summed E-state index contributed by atoms with van der Waals surface area (Å²) in [5, 5.41) is 3.48. The third-order valence-electron chi connectivity index (χ3n) is 4.05. The van der Waals surface area contributed by atoms with E-state index in [2.05, 4.69) is 20.3 Å². The molecule has 6 nitrogen and oxygen atoms in total. The van der Waals surface area contributed by atoms with Gasteiger partial charge in [-0.05, 0) is 32.0 Å². The number of hydrogen-bond donors (Lipinski definition) is 1. The molecule has 3 aromatic rings. The first-order valence-electron chi connectivity index (χ1n) is 8.49. The summed E-state index contributed by atoms with van der Waals surface area (Å²) in [6, 6.07) is 4.45. The third kappa shape index (κ3) is 4.89. The molecule has 1 amide bonds. The summed E-state index contributed by atoms with van der Waals surface area (Å²) in [6.45, 7) is 3.57. The van der Waals surface area contributed by atoms with E-state index in [0.717, 1.165) is 27.8 Å². The number of hydrogen-bond acceptors (Lipinski definition) is 6. The molecule has 1 N–H and O–H groups in total. The normalized spacial score (nSPS) is 12.5. The second-order valence-corrected chi connectivity index (χ2v) is 7.49. The lowest BCUT2D eigenvalue weighted by atomic mass is 10.1. The molecular formula is C19H17F3N4O2S. The smallest absolute Gasteiger partial charge is 0.451 e. The molecule has 0 aliphatic heterocycles. The molecule has 29 heavy (non-hydrogen) atoms. The zero-order chi connectivity index (χ0) is 21.2. The Kier molecular flexibility index (Phi) is 5.83. The maximum absolute atomic E-state index is 12.7. The van der Waals surface area contributed by atoms with Crippen LogP contribution in [-0.4, -0.2) is 28.0 Å². The van der Waals surface area contributed by atoms with Gasteiger partial charge in [0.2, 0.25) is 5.82 Å². The number of carbonyl (C=O) groups excluding carboxylic acids is 1. The van der Waals surface area contributed by atoms with Gasteiger partial charge in [0.1, 0.15) is 10.8 Å². The molecule has 2 aromatic heterocycles. The molecule has 10 heteroatoms. The number of nitrogens with zero attached hydrogens (tertiary/aromatic N) is 3. The second kappa shape index (κ2) is 8.16. The molecule has 0 unspecified atom stereocenters. The summed E-state index contributed by atoms with van der Waals surface area (Å²) in [5.41, 5.74) is 1.43. The van der Waals surface area contributed by atoms with Crippen LogP contribution >= 0.6 is 11.3 Å². The van der Waals surface area contributed by atoms with Gasteiger partial charge in [0, 0.05) is 40.2 Å². The van der Waals surface area contributed by atoms with Gasteiger partial charge in [-0.25, -0.2) is 15.0 Å². The standard InChI is InChI=1S/C19H17F3N4O2S/c1-10-7-23-17(29-10)13-4-12(5-15(6-13)28-3)16(27)26-11(2)14-8-24-18(25-9-14)19(20,21)22/h4-9,11H,1-3H3,(H,26,27)/t11-/m1/s1. The van der Waals surface area contributed by atoms with Gasteiger partial charge in [0.25, 0.3) is 5.91 Å². The van der Waals surface area contributed by atoms with Crippen LogP contribution in [-0.2, 0) is 6.18 Å². The number of ether oxygens (including phenoxy) is 1. The van der Waals surface area contributed by atoms with Crippen molar-refractivity contribution in [1.29, 1.82) is 0 Å². The van der Waals surface area contributed by atoms with Crippen LogP contribution in [0, 0.1) is 6.92 Å². The van der Waals surface area contributed by atoms with Crippen molar-refractivity contribution in [1.82, 2.24) is 20.3 Å². The monoisotopic (exact) mass is 422 g/mol. The Morgan fingerprint density at radius 2 is 1.83 bits per heavy atom. The Morgan fingerprint density at radius 1 is 1.14 bits per heavy atom. The summed E-state index contributed by atoms with van der Waals surface area (Å²) in [4.78, 5) is 24.7. The molecule has 2 heterocycles. The van der Waals surface area contributed by atoms with Crippen molar-refractivity contribution in [2.24, 2.45) is 0 Å². The van der Waals surface area contributed by atoms with Crippen LogP contribution in [0.1, 0.15) is 39.6 Å². The third-order valence-corrected chi connectivity index (χ3v) is 5.01. The average molecular weight is 422 g/mol. The number of benzene rings is 1. The Balaban J connectivity index is 1.81. The van der Waals surface area contributed by atoms with Crippen LogP contribution < -0.4 is 10.1 Å². The molecule has 152 valence electrons. The van der Waals surface area contributed by atoms with Crippen LogP contribution in [0.25, 0.3) is 10.6 Å². The van der Waals surface area contributed by atoms with Crippen molar-refractivity contribution in [3.63, 3.8) is 0 Å². The van der Waals surface area contributed by atoms with Crippen molar-refractivity contribution >= 4 is 17.2 Å². The van der Waals surface area contributed by atoms with Crippen molar-refractivity contribution in [3.05, 3.63) is 58.6 Å². The Hall–Kier alpha value is -3.01. The first-order chi connectivity index (χ1) is 13.7. The van der Waals surface area contributed by atoms with Crippen LogP contribution in [0.2, 0.25) is 0 Å². The fourth-order valence-electron chi connectivity index (χ4n) is 2.53. The first kappa shape index (κ1) is 20.7. The zero-order valence-corrected chi connectivity index (χ0v) is 16.6. The maximum atomic E-state index is 12.7. The van der Waals surface area contributed by atoms with E-state index in [1.807, 2.05) is 6.92 Å². The van der Waals surface area contributed by atoms with Crippen molar-refractivity contribution in [2.75, 3.05) is 7.11 Å². The largest absolute Gasteiger partial charge is 0.497 e. The lowest BCUT2D eigenvalue weighted by molar-refractivity contribution is -0.145. The van der Waals surface area contributed by atoms with Gasteiger partial charge in [0.15, 0.2) is 0 Å². The number of carbonyl (C=O) groups is 1. The number of rotatable bonds is 5. The Morgan fingerprint density at radius 3 is 2.38 bits per heavy atom. The molecule has 3 rings (SSSR count). The molecule has 0 spiro atoms. The lowest BCUT2D eigenvalue weighted by Crippen LogP contribution is -2.27. The van der Waals surface area contributed by atoms with Gasteiger partial charge in [-0.3, -0.25) is 4.79 Å². The highest BCUT2D eigenvalue weighted by molar-refractivity contribution is 7.14. The quantitative estimate of drug-likeness (QED) is 0.658. The predicted molar refractivity (Wildman–Crippen MR) is 102 cm³/mol. The summed E-state index contributed by atoms with van der Waals surface area (Å²) in [6.07, 6.45) is -0.770. The van der Waals surface area contributed by atoms with Crippen molar-refractivity contribution < 1.29 is 22.7 Å². The van der Waals surface area contributed by atoms with E-state index in [0.29, 0.717) is 16.9 Å². The number of thiazole rings is 1. The molecule has 0 aliphatic carbocycles. The van der Waals surface area contributed by atoms with E-state index in [-0.39, 0.29) is 0 Å². The second-order valence-electron chi connectivity index (χ2n) is 6.26. The molecular weight excluding hydrogens is 405 g/mol. The minimum atomic E-state index is -4.61. The molecule has 1 atom stereocenters. The Labute approximate surface area is 168 Å². The molecule has 0 saturated heterocycles.